The van der Waals surface area contributed by atoms with Crippen LogP contribution in [-0.4, -0.2) is 11.9 Å². The Kier molecular flexibility index (Phi) is 4.40. The molecule has 0 radical (unpaired) electrons. The topological polar surface area (TPSA) is 29.1 Å². The molecule has 1 aromatic heterocycles. The Labute approximate surface area is 88.6 Å². The largest absolute Gasteiger partial charge is 0.350 e. The monoisotopic (exact) mass is 209 g/mol. The van der Waals surface area contributed by atoms with Crippen LogP contribution in [0.3, 0.4) is 0 Å². The quantitative estimate of drug-likeness (QED) is 0.758. The fourth-order valence-electron chi connectivity index (χ4n) is 1.26. The van der Waals surface area contributed by atoms with Gasteiger partial charge in [0.1, 0.15) is 0 Å². The maximum atomic E-state index is 11.2. The molecule has 0 aliphatic carbocycles. The van der Waals surface area contributed by atoms with Crippen molar-refractivity contribution in [2.45, 2.75) is 26.3 Å². The zero-order chi connectivity index (χ0) is 10.4. The minimum atomic E-state index is -0.0183. The Bertz CT molecular complexity index is 303. The van der Waals surface area contributed by atoms with Crippen LogP contribution in [0.1, 0.15) is 19.4 Å². The Morgan fingerprint density at radius 3 is 3.07 bits per heavy atom. The van der Waals surface area contributed by atoms with E-state index >= 15 is 0 Å². The van der Waals surface area contributed by atoms with E-state index in [1.165, 1.54) is 5.56 Å². The summed E-state index contributed by atoms with van der Waals surface area (Å²) in [5, 5.41) is 7.06. The molecule has 0 saturated carbocycles. The van der Waals surface area contributed by atoms with E-state index in [2.05, 4.69) is 22.1 Å². The third-order valence-corrected chi connectivity index (χ3v) is 2.56. The SMILES string of the molecule is CC=CC(=O)NC(C)Cc1ccsc1. The van der Waals surface area contributed by atoms with Crippen LogP contribution in [0.5, 0.6) is 0 Å². The van der Waals surface area contributed by atoms with Crippen molar-refractivity contribution in [1.29, 1.82) is 0 Å². The number of rotatable bonds is 4. The van der Waals surface area contributed by atoms with Crippen LogP contribution in [-0.2, 0) is 11.2 Å². The first-order valence-corrected chi connectivity index (χ1v) is 5.61. The van der Waals surface area contributed by atoms with Crippen LogP contribution in [0.15, 0.2) is 29.0 Å². The summed E-state index contributed by atoms with van der Waals surface area (Å²) < 4.78 is 0. The Balaban J connectivity index is 2.36. The van der Waals surface area contributed by atoms with Crippen LogP contribution >= 0.6 is 11.3 Å². The summed E-state index contributed by atoms with van der Waals surface area (Å²) in [5.41, 5.74) is 1.28. The van der Waals surface area contributed by atoms with Gasteiger partial charge >= 0.3 is 0 Å². The highest BCUT2D eigenvalue weighted by Gasteiger charge is 2.05. The van der Waals surface area contributed by atoms with Gasteiger partial charge in [0.15, 0.2) is 0 Å². The average Bonchev–Trinajstić information content (AvgIpc) is 2.56. The molecular weight excluding hydrogens is 194 g/mol. The number of hydrogen-bond acceptors (Lipinski definition) is 2. The summed E-state index contributed by atoms with van der Waals surface area (Å²) in [6.07, 6.45) is 4.18. The first kappa shape index (κ1) is 11.0. The van der Waals surface area contributed by atoms with Gasteiger partial charge in [0, 0.05) is 6.04 Å². The molecule has 1 amide bonds. The van der Waals surface area contributed by atoms with Crippen molar-refractivity contribution in [3.63, 3.8) is 0 Å². The van der Waals surface area contributed by atoms with Crippen LogP contribution in [0.25, 0.3) is 0 Å². The number of thiophene rings is 1. The third-order valence-electron chi connectivity index (χ3n) is 1.83. The lowest BCUT2D eigenvalue weighted by atomic mass is 10.1. The molecule has 0 aliphatic rings. The molecule has 1 atom stereocenters. The van der Waals surface area contributed by atoms with Crippen LogP contribution < -0.4 is 5.32 Å². The number of hydrogen-bond donors (Lipinski definition) is 1. The van der Waals surface area contributed by atoms with E-state index < -0.39 is 0 Å². The van der Waals surface area contributed by atoms with Crippen molar-refractivity contribution in [3.05, 3.63) is 34.5 Å². The lowest BCUT2D eigenvalue weighted by Gasteiger charge is -2.10. The third kappa shape index (κ3) is 3.75. The highest BCUT2D eigenvalue weighted by atomic mass is 32.1. The van der Waals surface area contributed by atoms with Gasteiger partial charge < -0.3 is 5.32 Å². The van der Waals surface area contributed by atoms with E-state index in [0.717, 1.165) is 6.42 Å². The molecule has 1 rings (SSSR count). The Morgan fingerprint density at radius 1 is 1.71 bits per heavy atom. The van der Waals surface area contributed by atoms with Crippen LogP contribution in [0.4, 0.5) is 0 Å². The molecule has 1 unspecified atom stereocenters. The summed E-state index contributed by atoms with van der Waals surface area (Å²) in [6, 6.07) is 2.27. The molecule has 0 aromatic carbocycles. The van der Waals surface area contributed by atoms with E-state index in [-0.39, 0.29) is 11.9 Å². The van der Waals surface area contributed by atoms with Gasteiger partial charge in [0.25, 0.3) is 0 Å². The van der Waals surface area contributed by atoms with Gasteiger partial charge in [0.2, 0.25) is 5.91 Å². The van der Waals surface area contributed by atoms with Crippen molar-refractivity contribution < 1.29 is 4.79 Å². The number of carbonyl (C=O) groups is 1. The molecular formula is C11H15NOS. The molecule has 0 fully saturated rings. The summed E-state index contributed by atoms with van der Waals surface area (Å²) in [4.78, 5) is 11.2. The molecule has 76 valence electrons. The molecule has 0 spiro atoms. The minimum absolute atomic E-state index is 0.0183. The maximum absolute atomic E-state index is 11.2. The second-order valence-electron chi connectivity index (χ2n) is 3.25. The predicted molar refractivity (Wildman–Crippen MR) is 60.4 cm³/mol. The first-order valence-electron chi connectivity index (χ1n) is 4.66. The lowest BCUT2D eigenvalue weighted by molar-refractivity contribution is -0.117. The highest BCUT2D eigenvalue weighted by molar-refractivity contribution is 7.07. The number of carbonyl (C=O) groups excluding carboxylic acids is 1. The van der Waals surface area contributed by atoms with Gasteiger partial charge in [-0.25, -0.2) is 0 Å². The van der Waals surface area contributed by atoms with E-state index in [9.17, 15) is 4.79 Å². The summed E-state index contributed by atoms with van der Waals surface area (Å²) in [7, 11) is 0. The molecule has 0 saturated heterocycles. The molecule has 14 heavy (non-hydrogen) atoms. The molecule has 0 aliphatic heterocycles. The molecule has 1 N–H and O–H groups in total. The van der Waals surface area contributed by atoms with E-state index in [1.54, 1.807) is 23.5 Å². The van der Waals surface area contributed by atoms with Crippen molar-refractivity contribution in [2.24, 2.45) is 0 Å². The molecule has 3 heteroatoms. The first-order chi connectivity index (χ1) is 6.72. The second kappa shape index (κ2) is 5.60. The normalized spacial score (nSPS) is 13.0. The second-order valence-corrected chi connectivity index (χ2v) is 4.03. The van der Waals surface area contributed by atoms with E-state index in [4.69, 9.17) is 0 Å². The smallest absolute Gasteiger partial charge is 0.243 e. The van der Waals surface area contributed by atoms with Crippen molar-refractivity contribution >= 4 is 17.2 Å². The average molecular weight is 209 g/mol. The number of allylic oxidation sites excluding steroid dienone is 1. The van der Waals surface area contributed by atoms with E-state index in [0.29, 0.717) is 0 Å². The van der Waals surface area contributed by atoms with Crippen molar-refractivity contribution in [1.82, 2.24) is 5.32 Å². The van der Waals surface area contributed by atoms with Gasteiger partial charge in [-0.3, -0.25) is 4.79 Å². The fraction of sp³-hybridized carbons (Fsp3) is 0.364. The van der Waals surface area contributed by atoms with E-state index in [1.807, 2.05) is 13.8 Å². The van der Waals surface area contributed by atoms with Crippen LogP contribution in [0, 0.1) is 0 Å². The minimum Gasteiger partial charge on any atom is -0.350 e. The standard InChI is InChI=1S/C11H15NOS/c1-3-4-11(13)12-9(2)7-10-5-6-14-8-10/h3-6,8-9H,7H2,1-2H3,(H,12,13). The van der Waals surface area contributed by atoms with Crippen LogP contribution in [0.2, 0.25) is 0 Å². The van der Waals surface area contributed by atoms with Gasteiger partial charge in [0.05, 0.1) is 0 Å². The summed E-state index contributed by atoms with van der Waals surface area (Å²) >= 11 is 1.68. The van der Waals surface area contributed by atoms with Crippen molar-refractivity contribution in [3.8, 4) is 0 Å². The highest BCUT2D eigenvalue weighted by Crippen LogP contribution is 2.08. The maximum Gasteiger partial charge on any atom is 0.243 e. The summed E-state index contributed by atoms with van der Waals surface area (Å²) in [5.74, 6) is -0.0183. The molecule has 1 aromatic rings. The lowest BCUT2D eigenvalue weighted by Crippen LogP contribution is -2.32. The Morgan fingerprint density at radius 2 is 2.50 bits per heavy atom. The predicted octanol–water partition coefficient (Wildman–Crippen LogP) is 2.37. The molecule has 1 heterocycles. The molecule has 2 nitrogen and oxygen atoms in total. The van der Waals surface area contributed by atoms with Gasteiger partial charge in [-0.05, 0) is 48.7 Å². The zero-order valence-electron chi connectivity index (χ0n) is 8.49. The van der Waals surface area contributed by atoms with Crippen molar-refractivity contribution in [2.75, 3.05) is 0 Å². The fourth-order valence-corrected chi connectivity index (χ4v) is 1.94. The van der Waals surface area contributed by atoms with Gasteiger partial charge in [-0.15, -0.1) is 0 Å². The molecule has 0 bridgehead atoms. The van der Waals surface area contributed by atoms with Gasteiger partial charge in [-0.2, -0.15) is 11.3 Å². The van der Waals surface area contributed by atoms with Gasteiger partial charge in [-0.1, -0.05) is 6.08 Å². The zero-order valence-corrected chi connectivity index (χ0v) is 9.30. The Hall–Kier alpha value is -1.09. The number of amides is 1. The number of nitrogens with one attached hydrogen (secondary N) is 1. The summed E-state index contributed by atoms with van der Waals surface area (Å²) in [6.45, 7) is 3.85.